The summed E-state index contributed by atoms with van der Waals surface area (Å²) in [7, 11) is -3.53. The summed E-state index contributed by atoms with van der Waals surface area (Å²) in [4.78, 5) is 4.15. The fraction of sp³-hybridized carbons (Fsp3) is 0. The number of hydrogen-bond donors (Lipinski definition) is 0. The zero-order chi connectivity index (χ0) is 13.9. The Bertz CT molecular complexity index is 710. The molecule has 2 rings (SSSR count). The van der Waals surface area contributed by atoms with E-state index in [0.717, 1.165) is 5.41 Å². The van der Waals surface area contributed by atoms with Crippen molar-refractivity contribution in [2.24, 2.45) is 0 Å². The van der Waals surface area contributed by atoms with E-state index in [4.69, 9.17) is 23.2 Å². The Morgan fingerprint density at radius 1 is 1.05 bits per heavy atom. The number of rotatable bonds is 3. The van der Waals surface area contributed by atoms with E-state index in [0.29, 0.717) is 15.7 Å². The number of sulfone groups is 1. The van der Waals surface area contributed by atoms with E-state index in [1.807, 2.05) is 0 Å². The average molecular weight is 314 g/mol. The van der Waals surface area contributed by atoms with Gasteiger partial charge in [-0.05, 0) is 42.5 Å². The van der Waals surface area contributed by atoms with Crippen LogP contribution in [-0.2, 0) is 9.84 Å². The molecule has 0 saturated carbocycles. The van der Waals surface area contributed by atoms with Crippen LogP contribution in [0.1, 0.15) is 5.69 Å². The van der Waals surface area contributed by atoms with Crippen molar-refractivity contribution in [1.82, 2.24) is 4.98 Å². The van der Waals surface area contributed by atoms with E-state index < -0.39 is 9.84 Å². The Morgan fingerprint density at radius 3 is 2.37 bits per heavy atom. The van der Waals surface area contributed by atoms with Crippen LogP contribution in [0.25, 0.3) is 6.08 Å². The Kier molecular flexibility index (Phi) is 4.24. The van der Waals surface area contributed by atoms with E-state index in [2.05, 4.69) is 4.98 Å². The van der Waals surface area contributed by atoms with Crippen molar-refractivity contribution in [3.63, 3.8) is 0 Å². The minimum absolute atomic E-state index is 0.167. The Hall–Kier alpha value is -1.36. The van der Waals surface area contributed by atoms with Crippen LogP contribution < -0.4 is 0 Å². The first-order valence-corrected chi connectivity index (χ1v) is 7.58. The average Bonchev–Trinajstić information content (AvgIpc) is 2.38. The first-order valence-electron chi connectivity index (χ1n) is 5.28. The molecule has 2 aromatic rings. The minimum Gasteiger partial charge on any atom is -0.255 e. The lowest BCUT2D eigenvalue weighted by Crippen LogP contribution is -1.95. The van der Waals surface area contributed by atoms with Crippen LogP contribution in [0.15, 0.2) is 52.9 Å². The molecule has 0 N–H and O–H groups in total. The van der Waals surface area contributed by atoms with Crippen LogP contribution in [0.2, 0.25) is 10.0 Å². The van der Waals surface area contributed by atoms with Crippen molar-refractivity contribution < 1.29 is 8.42 Å². The van der Waals surface area contributed by atoms with Gasteiger partial charge < -0.3 is 0 Å². The molecule has 0 bridgehead atoms. The summed E-state index contributed by atoms with van der Waals surface area (Å²) >= 11 is 11.6. The molecule has 0 aliphatic carbocycles. The fourth-order valence-electron chi connectivity index (χ4n) is 1.38. The van der Waals surface area contributed by atoms with Crippen molar-refractivity contribution in [3.8, 4) is 0 Å². The van der Waals surface area contributed by atoms with E-state index in [-0.39, 0.29) is 4.90 Å². The topological polar surface area (TPSA) is 47.0 Å². The molecular weight excluding hydrogens is 305 g/mol. The van der Waals surface area contributed by atoms with Gasteiger partial charge in [-0.15, -0.1) is 0 Å². The van der Waals surface area contributed by atoms with Gasteiger partial charge in [0.25, 0.3) is 0 Å². The third-order valence-corrected chi connectivity index (χ3v) is 4.33. The number of nitrogens with zero attached hydrogens (tertiary/aromatic N) is 1. The molecule has 0 aliphatic heterocycles. The molecule has 19 heavy (non-hydrogen) atoms. The van der Waals surface area contributed by atoms with E-state index in [1.54, 1.807) is 18.3 Å². The Balaban J connectivity index is 2.32. The van der Waals surface area contributed by atoms with Crippen molar-refractivity contribution in [2.45, 2.75) is 4.90 Å². The number of halogens is 2. The van der Waals surface area contributed by atoms with E-state index in [1.165, 1.54) is 30.3 Å². The summed E-state index contributed by atoms with van der Waals surface area (Å²) in [6.07, 6.45) is 2.91. The molecule has 0 amide bonds. The standard InChI is InChI=1S/C13H9Cl2NO2S/c14-10-3-5-11(6-4-10)19(17,18)9-7-13-12(15)2-1-8-16-13/h1-9H/b9-7-. The number of hydrogen-bond acceptors (Lipinski definition) is 3. The number of aromatic nitrogens is 1. The SMILES string of the molecule is O=S(=O)(/C=C\c1ncccc1Cl)c1ccc(Cl)cc1. The second kappa shape index (κ2) is 5.74. The van der Waals surface area contributed by atoms with Crippen LogP contribution in [0.4, 0.5) is 0 Å². The molecule has 6 heteroatoms. The molecule has 0 aliphatic rings. The maximum Gasteiger partial charge on any atom is 0.199 e. The Morgan fingerprint density at radius 2 is 1.74 bits per heavy atom. The van der Waals surface area contributed by atoms with Crippen LogP contribution in [-0.4, -0.2) is 13.4 Å². The quantitative estimate of drug-likeness (QED) is 0.865. The van der Waals surface area contributed by atoms with Crippen LogP contribution >= 0.6 is 23.2 Å². The zero-order valence-electron chi connectivity index (χ0n) is 9.62. The van der Waals surface area contributed by atoms with Gasteiger partial charge in [-0.2, -0.15) is 0 Å². The summed E-state index contributed by atoms with van der Waals surface area (Å²) in [5.74, 6) is 0. The highest BCUT2D eigenvalue weighted by Crippen LogP contribution is 2.19. The van der Waals surface area contributed by atoms with E-state index in [9.17, 15) is 8.42 Å². The van der Waals surface area contributed by atoms with Gasteiger partial charge in [-0.1, -0.05) is 23.2 Å². The van der Waals surface area contributed by atoms with Crippen molar-refractivity contribution in [1.29, 1.82) is 0 Å². The second-order valence-electron chi connectivity index (χ2n) is 3.67. The third kappa shape index (κ3) is 3.56. The summed E-state index contributed by atoms with van der Waals surface area (Å²) in [5, 5.41) is 1.95. The maximum absolute atomic E-state index is 12.0. The predicted octanol–water partition coefficient (Wildman–Crippen LogP) is 3.83. The molecule has 0 spiro atoms. The molecule has 0 saturated heterocycles. The van der Waals surface area contributed by atoms with Gasteiger partial charge in [-0.25, -0.2) is 8.42 Å². The minimum atomic E-state index is -3.53. The molecule has 1 aromatic heterocycles. The highest BCUT2D eigenvalue weighted by Gasteiger charge is 2.10. The van der Waals surface area contributed by atoms with Crippen molar-refractivity contribution >= 4 is 39.1 Å². The summed E-state index contributed by atoms with van der Waals surface area (Å²) < 4.78 is 24.1. The van der Waals surface area contributed by atoms with Gasteiger partial charge in [0, 0.05) is 16.6 Å². The molecule has 1 aromatic carbocycles. The van der Waals surface area contributed by atoms with Crippen molar-refractivity contribution in [2.75, 3.05) is 0 Å². The van der Waals surface area contributed by atoms with Gasteiger partial charge in [0.2, 0.25) is 0 Å². The van der Waals surface area contributed by atoms with Gasteiger partial charge in [0.05, 0.1) is 15.6 Å². The highest BCUT2D eigenvalue weighted by atomic mass is 35.5. The molecule has 0 radical (unpaired) electrons. The fourth-order valence-corrected chi connectivity index (χ4v) is 2.67. The lowest BCUT2D eigenvalue weighted by molar-refractivity contribution is 0.605. The lowest BCUT2D eigenvalue weighted by Gasteiger charge is -1.99. The first kappa shape index (κ1) is 14.1. The molecule has 0 unspecified atom stereocenters. The zero-order valence-corrected chi connectivity index (χ0v) is 12.0. The number of benzene rings is 1. The molecule has 3 nitrogen and oxygen atoms in total. The molecule has 0 fully saturated rings. The van der Waals surface area contributed by atoms with Gasteiger partial charge in [-0.3, -0.25) is 4.98 Å². The molecular formula is C13H9Cl2NO2S. The van der Waals surface area contributed by atoms with Crippen molar-refractivity contribution in [3.05, 3.63) is 63.7 Å². The first-order chi connectivity index (χ1) is 8.99. The number of pyridine rings is 1. The van der Waals surface area contributed by atoms with Crippen LogP contribution in [0, 0.1) is 0 Å². The second-order valence-corrected chi connectivity index (χ2v) is 6.35. The van der Waals surface area contributed by atoms with Crippen LogP contribution in [0.5, 0.6) is 0 Å². The van der Waals surface area contributed by atoms with Gasteiger partial charge in [0.15, 0.2) is 9.84 Å². The molecule has 98 valence electrons. The predicted molar refractivity (Wildman–Crippen MR) is 76.9 cm³/mol. The largest absolute Gasteiger partial charge is 0.255 e. The molecule has 0 atom stereocenters. The monoisotopic (exact) mass is 313 g/mol. The Labute approximate surface area is 121 Å². The van der Waals surface area contributed by atoms with Gasteiger partial charge >= 0.3 is 0 Å². The third-order valence-electron chi connectivity index (χ3n) is 2.33. The lowest BCUT2D eigenvalue weighted by atomic mass is 10.3. The summed E-state index contributed by atoms with van der Waals surface area (Å²) in [6.45, 7) is 0. The van der Waals surface area contributed by atoms with E-state index >= 15 is 0 Å². The normalized spacial score (nSPS) is 11.9. The summed E-state index contributed by atoms with van der Waals surface area (Å²) in [6, 6.07) is 9.26. The summed E-state index contributed by atoms with van der Waals surface area (Å²) in [5.41, 5.74) is 0.404. The van der Waals surface area contributed by atoms with Gasteiger partial charge in [0.1, 0.15) is 0 Å². The highest BCUT2D eigenvalue weighted by molar-refractivity contribution is 7.94. The maximum atomic E-state index is 12.0. The van der Waals surface area contributed by atoms with Crippen LogP contribution in [0.3, 0.4) is 0 Å². The molecule has 1 heterocycles. The smallest absolute Gasteiger partial charge is 0.199 e.